The highest BCUT2D eigenvalue weighted by Crippen LogP contribution is 2.15. The van der Waals surface area contributed by atoms with Crippen LogP contribution in [0.3, 0.4) is 0 Å². The standard InChI is InChI=1S/C5H9N2O5P/c6-3(1-2-4(7)8)5(9)12-13(10)11/h3H,1-2,6H2,(H2-,7,8,10,11)/p+1/t3-/m0/s1. The summed E-state index contributed by atoms with van der Waals surface area (Å²) in [7, 11) is -2.99. The van der Waals surface area contributed by atoms with Gasteiger partial charge in [0.2, 0.25) is 5.91 Å². The van der Waals surface area contributed by atoms with Crippen LogP contribution in [0.5, 0.6) is 0 Å². The lowest BCUT2D eigenvalue weighted by atomic mass is 10.2. The summed E-state index contributed by atoms with van der Waals surface area (Å²) in [6, 6.07) is -1.10. The van der Waals surface area contributed by atoms with Crippen LogP contribution in [0, 0.1) is 0 Å². The molecule has 8 heteroatoms. The first-order chi connectivity index (χ1) is 5.93. The maximum Gasteiger partial charge on any atom is 0.750 e. The van der Waals surface area contributed by atoms with Gasteiger partial charge in [-0.05, 0) is 6.42 Å². The molecule has 0 bridgehead atoms. The van der Waals surface area contributed by atoms with Gasteiger partial charge in [0.05, 0.1) is 0 Å². The van der Waals surface area contributed by atoms with Crippen molar-refractivity contribution in [3.05, 3.63) is 0 Å². The molecule has 1 amide bonds. The molecule has 0 aliphatic heterocycles. The summed E-state index contributed by atoms with van der Waals surface area (Å²) in [6.45, 7) is 0. The Morgan fingerprint density at radius 3 is 2.46 bits per heavy atom. The predicted octanol–water partition coefficient (Wildman–Crippen LogP) is -1.23. The van der Waals surface area contributed by atoms with Crippen molar-refractivity contribution in [1.82, 2.24) is 0 Å². The molecule has 0 spiro atoms. The van der Waals surface area contributed by atoms with Crippen molar-refractivity contribution in [2.75, 3.05) is 0 Å². The van der Waals surface area contributed by atoms with Crippen LogP contribution in [-0.4, -0.2) is 22.8 Å². The lowest BCUT2D eigenvalue weighted by Gasteiger charge is -2.02. The van der Waals surface area contributed by atoms with E-state index in [2.05, 4.69) is 4.52 Å². The Kier molecular flexibility index (Phi) is 5.13. The summed E-state index contributed by atoms with van der Waals surface area (Å²) in [5.41, 5.74) is 9.98. The molecule has 2 atom stereocenters. The molecule has 13 heavy (non-hydrogen) atoms. The van der Waals surface area contributed by atoms with E-state index < -0.39 is 26.2 Å². The Bertz CT molecular complexity index is 231. The van der Waals surface area contributed by atoms with E-state index >= 15 is 0 Å². The van der Waals surface area contributed by atoms with Gasteiger partial charge in [-0.1, -0.05) is 0 Å². The maximum atomic E-state index is 10.7. The first-order valence-corrected chi connectivity index (χ1v) is 4.48. The summed E-state index contributed by atoms with van der Waals surface area (Å²) in [4.78, 5) is 29.1. The van der Waals surface area contributed by atoms with Gasteiger partial charge >= 0.3 is 14.2 Å². The Morgan fingerprint density at radius 2 is 2.08 bits per heavy atom. The van der Waals surface area contributed by atoms with Crippen molar-refractivity contribution in [3.8, 4) is 0 Å². The van der Waals surface area contributed by atoms with Crippen molar-refractivity contribution in [2.24, 2.45) is 11.5 Å². The summed E-state index contributed by atoms with van der Waals surface area (Å²) < 4.78 is 13.9. The number of hydrogen-bond donors (Lipinski definition) is 3. The third-order valence-corrected chi connectivity index (χ3v) is 1.51. The molecule has 0 aromatic rings. The monoisotopic (exact) mass is 209 g/mol. The van der Waals surface area contributed by atoms with E-state index in [1.807, 2.05) is 0 Å². The van der Waals surface area contributed by atoms with Gasteiger partial charge in [0.1, 0.15) is 6.04 Å². The molecular weight excluding hydrogens is 199 g/mol. The molecule has 0 aromatic carbocycles. The van der Waals surface area contributed by atoms with Crippen LogP contribution in [0.4, 0.5) is 0 Å². The van der Waals surface area contributed by atoms with Crippen LogP contribution < -0.4 is 11.5 Å². The zero-order valence-electron chi connectivity index (χ0n) is 6.67. The van der Waals surface area contributed by atoms with Crippen molar-refractivity contribution in [3.63, 3.8) is 0 Å². The molecule has 0 fully saturated rings. The lowest BCUT2D eigenvalue weighted by molar-refractivity contribution is -0.136. The van der Waals surface area contributed by atoms with Crippen molar-refractivity contribution in [1.29, 1.82) is 0 Å². The molecule has 0 rings (SSSR count). The summed E-state index contributed by atoms with van der Waals surface area (Å²) in [6.07, 6.45) is -0.0736. The van der Waals surface area contributed by atoms with E-state index in [1.165, 1.54) is 0 Å². The Morgan fingerprint density at radius 1 is 1.54 bits per heavy atom. The van der Waals surface area contributed by atoms with Crippen LogP contribution in [0.2, 0.25) is 0 Å². The van der Waals surface area contributed by atoms with E-state index in [0.717, 1.165) is 0 Å². The normalized spacial score (nSPS) is 13.2. The number of carbonyl (C=O) groups excluding carboxylic acids is 2. The zero-order chi connectivity index (χ0) is 10.4. The molecule has 0 saturated carbocycles. The van der Waals surface area contributed by atoms with Gasteiger partial charge in [0.15, 0.2) is 0 Å². The minimum absolute atomic E-state index is 0.00264. The fourth-order valence-electron chi connectivity index (χ4n) is 0.560. The van der Waals surface area contributed by atoms with Gasteiger partial charge in [0, 0.05) is 11.0 Å². The Balaban J connectivity index is 3.82. The van der Waals surface area contributed by atoms with Gasteiger partial charge < -0.3 is 11.5 Å². The summed E-state index contributed by atoms with van der Waals surface area (Å²) in [5.74, 6) is -1.62. The summed E-state index contributed by atoms with van der Waals surface area (Å²) >= 11 is 0. The van der Waals surface area contributed by atoms with E-state index in [4.69, 9.17) is 16.4 Å². The lowest BCUT2D eigenvalue weighted by Crippen LogP contribution is -2.32. The Hall–Kier alpha value is -1.04. The molecule has 1 unspecified atom stereocenters. The second kappa shape index (κ2) is 5.58. The van der Waals surface area contributed by atoms with Gasteiger partial charge in [-0.3, -0.25) is 4.79 Å². The molecule has 0 saturated heterocycles. The van der Waals surface area contributed by atoms with E-state index in [0.29, 0.717) is 0 Å². The van der Waals surface area contributed by atoms with Crippen molar-refractivity contribution >= 4 is 20.1 Å². The van der Waals surface area contributed by atoms with E-state index in [1.54, 1.807) is 0 Å². The average Bonchev–Trinajstić information content (AvgIpc) is 1.98. The number of amides is 1. The fraction of sp³-hybridized carbons (Fsp3) is 0.600. The second-order valence-corrected chi connectivity index (χ2v) is 2.92. The minimum Gasteiger partial charge on any atom is -0.370 e. The number of carbonyl (C=O) groups is 2. The van der Waals surface area contributed by atoms with Crippen LogP contribution in [0.25, 0.3) is 0 Å². The van der Waals surface area contributed by atoms with E-state index in [9.17, 15) is 14.2 Å². The van der Waals surface area contributed by atoms with Crippen LogP contribution in [0.1, 0.15) is 12.8 Å². The zero-order valence-corrected chi connectivity index (χ0v) is 7.57. The largest absolute Gasteiger partial charge is 0.750 e. The highest BCUT2D eigenvalue weighted by Gasteiger charge is 2.26. The molecular formula is C5H10N2O5P+. The minimum atomic E-state index is -2.99. The SMILES string of the molecule is NC(=O)CC[C@H](N)C(=O)O[P+](=O)O. The molecule has 7 nitrogen and oxygen atoms in total. The molecule has 0 radical (unpaired) electrons. The van der Waals surface area contributed by atoms with Gasteiger partial charge in [-0.2, -0.15) is 4.52 Å². The molecule has 5 N–H and O–H groups in total. The summed E-state index contributed by atoms with van der Waals surface area (Å²) in [5, 5.41) is 0. The van der Waals surface area contributed by atoms with Gasteiger partial charge in [-0.25, -0.2) is 4.79 Å². The van der Waals surface area contributed by atoms with Gasteiger partial charge in [0.25, 0.3) is 0 Å². The van der Waals surface area contributed by atoms with Crippen LogP contribution in [0.15, 0.2) is 0 Å². The third-order valence-electron chi connectivity index (χ3n) is 1.17. The number of primary amides is 1. The molecule has 0 aliphatic rings. The molecule has 0 aromatic heterocycles. The number of rotatable bonds is 5. The van der Waals surface area contributed by atoms with Crippen LogP contribution >= 0.6 is 8.25 Å². The first-order valence-electron chi connectivity index (χ1n) is 3.35. The highest BCUT2D eigenvalue weighted by molar-refractivity contribution is 7.32. The number of nitrogens with two attached hydrogens (primary N) is 2. The smallest absolute Gasteiger partial charge is 0.370 e. The van der Waals surface area contributed by atoms with Gasteiger partial charge in [-0.15, -0.1) is 4.89 Å². The maximum absolute atomic E-state index is 10.7. The highest BCUT2D eigenvalue weighted by atomic mass is 31.1. The first kappa shape index (κ1) is 12.0. The topological polar surface area (TPSA) is 133 Å². The fourth-order valence-corrected chi connectivity index (χ4v) is 0.850. The Labute approximate surface area is 75.0 Å². The van der Waals surface area contributed by atoms with Crippen LogP contribution in [-0.2, 0) is 18.7 Å². The third kappa shape index (κ3) is 6.15. The molecule has 0 aliphatic carbocycles. The molecule has 0 heterocycles. The molecule has 74 valence electrons. The van der Waals surface area contributed by atoms with Crippen molar-refractivity contribution < 1.29 is 23.6 Å². The van der Waals surface area contributed by atoms with Crippen molar-refractivity contribution in [2.45, 2.75) is 18.9 Å². The van der Waals surface area contributed by atoms with E-state index in [-0.39, 0.29) is 12.8 Å². The predicted molar refractivity (Wildman–Crippen MR) is 42.3 cm³/mol. The number of hydrogen-bond acceptors (Lipinski definition) is 5. The quantitative estimate of drug-likeness (QED) is 0.485. The average molecular weight is 209 g/mol. The second-order valence-electron chi connectivity index (χ2n) is 2.26.